The average Bonchev–Trinajstić information content (AvgIpc) is 2.52. The lowest BCUT2D eigenvalue weighted by molar-refractivity contribution is -0.163. The van der Waals surface area contributed by atoms with Gasteiger partial charge in [-0.1, -0.05) is 39.0 Å². The normalized spacial score (nSPS) is 17.5. The van der Waals surface area contributed by atoms with Crippen LogP contribution in [0.1, 0.15) is 69.2 Å². The van der Waals surface area contributed by atoms with E-state index in [9.17, 15) is 23.1 Å². The number of fused-ring (bicyclic) bond motifs is 1. The van der Waals surface area contributed by atoms with Gasteiger partial charge in [0.15, 0.2) is 0 Å². The van der Waals surface area contributed by atoms with Gasteiger partial charge in [0.05, 0.1) is 0 Å². The summed E-state index contributed by atoms with van der Waals surface area (Å²) in [6.45, 7) is 5.82. The van der Waals surface area contributed by atoms with E-state index in [1.807, 2.05) is 20.8 Å². The summed E-state index contributed by atoms with van der Waals surface area (Å²) >= 11 is 0. The summed E-state index contributed by atoms with van der Waals surface area (Å²) in [5, 5.41) is 11.8. The van der Waals surface area contributed by atoms with Crippen molar-refractivity contribution < 1.29 is 23.1 Å². The first-order valence-electron chi connectivity index (χ1n) is 9.14. The molecule has 0 aliphatic heterocycles. The molecule has 1 aliphatic rings. The standard InChI is InChI=1S/C20H28F3NO2/c1-19(2,3)11-10-16(18(25)26)24-17(20(21,22)23)15-9-8-13-6-4-5-7-14(13)12-15/h8-9,12,16-17,24H,4-7,10-11H2,1-3H3,(H,25,26). The topological polar surface area (TPSA) is 49.3 Å². The molecule has 0 radical (unpaired) electrons. The monoisotopic (exact) mass is 371 g/mol. The Morgan fingerprint density at radius 3 is 2.31 bits per heavy atom. The maximum absolute atomic E-state index is 13.7. The molecule has 6 heteroatoms. The lowest BCUT2D eigenvalue weighted by Crippen LogP contribution is -2.45. The second-order valence-corrected chi connectivity index (χ2v) is 8.37. The number of aliphatic carboxylic acids is 1. The number of aryl methyl sites for hydroxylation is 2. The predicted octanol–water partition coefficient (Wildman–Crippen LogP) is 5.04. The molecule has 0 saturated carbocycles. The summed E-state index contributed by atoms with van der Waals surface area (Å²) in [6, 6.07) is 1.63. The molecule has 2 unspecified atom stereocenters. The molecule has 0 saturated heterocycles. The van der Waals surface area contributed by atoms with Gasteiger partial charge in [0.2, 0.25) is 0 Å². The zero-order valence-electron chi connectivity index (χ0n) is 15.6. The molecule has 146 valence electrons. The van der Waals surface area contributed by atoms with Gasteiger partial charge >= 0.3 is 12.1 Å². The van der Waals surface area contributed by atoms with E-state index in [-0.39, 0.29) is 17.4 Å². The van der Waals surface area contributed by atoms with Crippen LogP contribution < -0.4 is 5.32 Å². The molecule has 0 aromatic heterocycles. The molecule has 1 aromatic rings. The van der Waals surface area contributed by atoms with Gasteiger partial charge in [-0.25, -0.2) is 0 Å². The van der Waals surface area contributed by atoms with Crippen LogP contribution in [-0.2, 0) is 17.6 Å². The van der Waals surface area contributed by atoms with Crippen molar-refractivity contribution in [3.05, 3.63) is 34.9 Å². The van der Waals surface area contributed by atoms with Gasteiger partial charge < -0.3 is 5.11 Å². The fourth-order valence-corrected chi connectivity index (χ4v) is 3.37. The summed E-state index contributed by atoms with van der Waals surface area (Å²) < 4.78 is 41.0. The smallest absolute Gasteiger partial charge is 0.407 e. The van der Waals surface area contributed by atoms with E-state index < -0.39 is 24.2 Å². The zero-order valence-corrected chi connectivity index (χ0v) is 15.6. The largest absolute Gasteiger partial charge is 0.480 e. The van der Waals surface area contributed by atoms with Crippen LogP contribution in [0.25, 0.3) is 0 Å². The summed E-state index contributed by atoms with van der Waals surface area (Å²) in [5.41, 5.74) is 2.00. The van der Waals surface area contributed by atoms with Crippen LogP contribution in [0.4, 0.5) is 13.2 Å². The minimum Gasteiger partial charge on any atom is -0.480 e. The Labute approximate surface area is 153 Å². The molecular formula is C20H28F3NO2. The van der Waals surface area contributed by atoms with E-state index in [1.165, 1.54) is 6.07 Å². The van der Waals surface area contributed by atoms with E-state index in [4.69, 9.17) is 0 Å². The molecule has 0 spiro atoms. The number of carboxylic acid groups (broad SMARTS) is 1. The summed E-state index contributed by atoms with van der Waals surface area (Å²) in [7, 11) is 0. The van der Waals surface area contributed by atoms with Crippen molar-refractivity contribution in [2.24, 2.45) is 5.41 Å². The molecule has 26 heavy (non-hydrogen) atoms. The third-order valence-electron chi connectivity index (χ3n) is 4.88. The van der Waals surface area contributed by atoms with Crippen LogP contribution >= 0.6 is 0 Å². The molecule has 0 fully saturated rings. The molecule has 1 aromatic carbocycles. The first kappa shape index (κ1) is 20.7. The number of nitrogens with one attached hydrogen (secondary N) is 1. The van der Waals surface area contributed by atoms with Gasteiger partial charge in [-0.05, 0) is 60.6 Å². The average molecular weight is 371 g/mol. The molecule has 0 bridgehead atoms. The lowest BCUT2D eigenvalue weighted by atomic mass is 9.87. The quantitative estimate of drug-likeness (QED) is 0.737. The van der Waals surface area contributed by atoms with Crippen molar-refractivity contribution >= 4 is 5.97 Å². The van der Waals surface area contributed by atoms with Gasteiger partial charge in [0.1, 0.15) is 12.1 Å². The van der Waals surface area contributed by atoms with Crippen LogP contribution in [0.2, 0.25) is 0 Å². The number of halogens is 3. The molecular weight excluding hydrogens is 343 g/mol. The Balaban J connectivity index is 2.25. The Hall–Kier alpha value is -1.56. The summed E-state index contributed by atoms with van der Waals surface area (Å²) in [6.07, 6.45) is -0.186. The van der Waals surface area contributed by atoms with Gasteiger partial charge in [-0.15, -0.1) is 0 Å². The highest BCUT2D eigenvalue weighted by molar-refractivity contribution is 5.73. The van der Waals surface area contributed by atoms with Gasteiger partial charge in [0, 0.05) is 0 Å². The number of rotatable bonds is 6. The van der Waals surface area contributed by atoms with Crippen molar-refractivity contribution in [1.82, 2.24) is 5.32 Å². The maximum atomic E-state index is 13.7. The molecule has 0 amide bonds. The van der Waals surface area contributed by atoms with E-state index in [0.717, 1.165) is 36.8 Å². The Morgan fingerprint density at radius 1 is 1.15 bits per heavy atom. The molecule has 2 rings (SSSR count). The Kier molecular flexibility index (Phi) is 6.37. The highest BCUT2D eigenvalue weighted by Gasteiger charge is 2.43. The molecule has 0 heterocycles. The highest BCUT2D eigenvalue weighted by atomic mass is 19.4. The number of carboxylic acids is 1. The van der Waals surface area contributed by atoms with E-state index in [2.05, 4.69) is 5.32 Å². The van der Waals surface area contributed by atoms with Crippen LogP contribution in [0.3, 0.4) is 0 Å². The van der Waals surface area contributed by atoms with Crippen molar-refractivity contribution in [1.29, 1.82) is 0 Å². The first-order chi connectivity index (χ1) is 12.0. The molecule has 2 atom stereocenters. The van der Waals surface area contributed by atoms with Crippen LogP contribution in [-0.4, -0.2) is 23.3 Å². The fraction of sp³-hybridized carbons (Fsp3) is 0.650. The van der Waals surface area contributed by atoms with Crippen LogP contribution in [0, 0.1) is 5.41 Å². The Morgan fingerprint density at radius 2 is 1.77 bits per heavy atom. The van der Waals surface area contributed by atoms with E-state index in [0.29, 0.717) is 6.42 Å². The summed E-state index contributed by atoms with van der Waals surface area (Å²) in [5.74, 6) is -1.25. The molecule has 2 N–H and O–H groups in total. The third kappa shape index (κ3) is 5.73. The number of hydrogen-bond acceptors (Lipinski definition) is 2. The second-order valence-electron chi connectivity index (χ2n) is 8.37. The maximum Gasteiger partial charge on any atom is 0.407 e. The van der Waals surface area contributed by atoms with E-state index >= 15 is 0 Å². The van der Waals surface area contributed by atoms with Crippen molar-refractivity contribution in [3.8, 4) is 0 Å². The van der Waals surface area contributed by atoms with Gasteiger partial charge in [-0.3, -0.25) is 10.1 Å². The molecule has 1 aliphatic carbocycles. The lowest BCUT2D eigenvalue weighted by Gasteiger charge is -2.28. The minimum absolute atomic E-state index is 0.0974. The van der Waals surface area contributed by atoms with Crippen molar-refractivity contribution in [2.75, 3.05) is 0 Å². The van der Waals surface area contributed by atoms with E-state index in [1.54, 1.807) is 12.1 Å². The minimum atomic E-state index is -4.56. The molecule has 3 nitrogen and oxygen atoms in total. The van der Waals surface area contributed by atoms with Crippen LogP contribution in [0.5, 0.6) is 0 Å². The van der Waals surface area contributed by atoms with Crippen LogP contribution in [0.15, 0.2) is 18.2 Å². The number of alkyl halides is 3. The third-order valence-corrected chi connectivity index (χ3v) is 4.88. The fourth-order valence-electron chi connectivity index (χ4n) is 3.37. The summed E-state index contributed by atoms with van der Waals surface area (Å²) in [4.78, 5) is 11.5. The Bertz CT molecular complexity index is 635. The predicted molar refractivity (Wildman–Crippen MR) is 95.1 cm³/mol. The van der Waals surface area contributed by atoms with Gasteiger partial charge in [-0.2, -0.15) is 13.2 Å². The first-order valence-corrected chi connectivity index (χ1v) is 9.14. The number of hydrogen-bond donors (Lipinski definition) is 2. The van der Waals surface area contributed by atoms with Crippen molar-refractivity contribution in [2.45, 2.75) is 77.6 Å². The SMILES string of the molecule is CC(C)(C)CCC(NC(c1ccc2c(c1)CCCC2)C(F)(F)F)C(=O)O. The second kappa shape index (κ2) is 7.99. The number of carbonyl (C=O) groups is 1. The van der Waals surface area contributed by atoms with Gasteiger partial charge in [0.25, 0.3) is 0 Å². The zero-order chi connectivity index (χ0) is 19.5. The number of benzene rings is 1. The highest BCUT2D eigenvalue weighted by Crippen LogP contribution is 2.35. The van der Waals surface area contributed by atoms with Crippen molar-refractivity contribution in [3.63, 3.8) is 0 Å².